The number of esters is 1. The Labute approximate surface area is 151 Å². The topological polar surface area (TPSA) is 55.8 Å². The van der Waals surface area contributed by atoms with Gasteiger partial charge in [0.1, 0.15) is 0 Å². The molecule has 25 heavy (non-hydrogen) atoms. The van der Waals surface area contributed by atoms with Gasteiger partial charge in [-0.25, -0.2) is 4.79 Å². The molecule has 1 heterocycles. The zero-order valence-electron chi connectivity index (χ0n) is 13.6. The molecule has 2 aromatic carbocycles. The van der Waals surface area contributed by atoms with Gasteiger partial charge in [0.25, 0.3) is 5.91 Å². The van der Waals surface area contributed by atoms with Gasteiger partial charge >= 0.3 is 5.97 Å². The largest absolute Gasteiger partial charge is 0.444 e. The summed E-state index contributed by atoms with van der Waals surface area (Å²) in [6.45, 7) is 1.93. The molecule has 0 N–H and O–H groups in total. The Bertz CT molecular complexity index is 744. The van der Waals surface area contributed by atoms with Gasteiger partial charge in [-0.15, -0.1) is 0 Å². The van der Waals surface area contributed by atoms with Crippen LogP contribution in [0.15, 0.2) is 54.6 Å². The zero-order valence-corrected chi connectivity index (χ0v) is 14.3. The number of ether oxygens (including phenoxy) is 2. The van der Waals surface area contributed by atoms with Gasteiger partial charge in [0, 0.05) is 23.7 Å². The summed E-state index contributed by atoms with van der Waals surface area (Å²) in [5, 5.41) is 0.435. The van der Waals surface area contributed by atoms with Crippen molar-refractivity contribution in [3.8, 4) is 0 Å². The van der Waals surface area contributed by atoms with Gasteiger partial charge in [0.15, 0.2) is 0 Å². The summed E-state index contributed by atoms with van der Waals surface area (Å²) >= 11 is 5.93. The Balaban J connectivity index is 1.83. The average Bonchev–Trinajstić information content (AvgIpc) is 2.67. The maximum Gasteiger partial charge on any atom is 0.339 e. The second-order valence-electron chi connectivity index (χ2n) is 5.64. The summed E-state index contributed by atoms with van der Waals surface area (Å²) in [5.41, 5.74) is 0.942. The number of benzene rings is 2. The molecule has 0 bridgehead atoms. The highest BCUT2D eigenvalue weighted by Crippen LogP contribution is 2.23. The van der Waals surface area contributed by atoms with E-state index in [0.717, 1.165) is 0 Å². The number of halogens is 1. The van der Waals surface area contributed by atoms with Gasteiger partial charge < -0.3 is 14.4 Å². The van der Waals surface area contributed by atoms with E-state index in [1.54, 1.807) is 35.2 Å². The van der Waals surface area contributed by atoms with Crippen molar-refractivity contribution in [3.63, 3.8) is 0 Å². The number of carbonyl (C=O) groups excluding carboxylic acids is 2. The number of hydrogen-bond donors (Lipinski definition) is 0. The number of amides is 1. The second kappa shape index (κ2) is 8.14. The van der Waals surface area contributed by atoms with Gasteiger partial charge in [-0.1, -0.05) is 48.0 Å². The van der Waals surface area contributed by atoms with Crippen LogP contribution in [0, 0.1) is 0 Å². The first-order valence-corrected chi connectivity index (χ1v) is 8.41. The van der Waals surface area contributed by atoms with E-state index < -0.39 is 12.1 Å². The fraction of sp³-hybridized carbons (Fsp3) is 0.263. The van der Waals surface area contributed by atoms with Crippen molar-refractivity contribution in [1.29, 1.82) is 0 Å². The summed E-state index contributed by atoms with van der Waals surface area (Å²) < 4.78 is 10.8. The summed E-state index contributed by atoms with van der Waals surface area (Å²) in [6, 6.07) is 15.5. The molecule has 1 saturated heterocycles. The summed E-state index contributed by atoms with van der Waals surface area (Å²) in [6.07, 6.45) is -0.995. The number of nitrogens with zero attached hydrogens (tertiary/aromatic N) is 1. The van der Waals surface area contributed by atoms with Crippen LogP contribution in [0.2, 0.25) is 5.02 Å². The molecular weight excluding hydrogens is 342 g/mol. The lowest BCUT2D eigenvalue weighted by molar-refractivity contribution is -0.145. The lowest BCUT2D eigenvalue weighted by Crippen LogP contribution is -2.44. The molecule has 1 atom stereocenters. The van der Waals surface area contributed by atoms with E-state index in [2.05, 4.69) is 0 Å². The highest BCUT2D eigenvalue weighted by Gasteiger charge is 2.30. The molecule has 1 aliphatic heterocycles. The molecule has 0 radical (unpaired) electrons. The van der Waals surface area contributed by atoms with Gasteiger partial charge in [-0.3, -0.25) is 4.79 Å². The third-order valence-corrected chi connectivity index (χ3v) is 4.17. The Kier molecular flexibility index (Phi) is 5.68. The number of rotatable bonds is 4. The van der Waals surface area contributed by atoms with Crippen LogP contribution < -0.4 is 0 Å². The van der Waals surface area contributed by atoms with Crippen molar-refractivity contribution in [2.75, 3.05) is 26.3 Å². The molecule has 6 heteroatoms. The monoisotopic (exact) mass is 359 g/mol. The van der Waals surface area contributed by atoms with Crippen LogP contribution >= 0.6 is 11.6 Å². The fourth-order valence-electron chi connectivity index (χ4n) is 2.63. The molecule has 130 valence electrons. The SMILES string of the molecule is O=C(O[C@H](C(=O)N1CCOCC1)c1ccccc1)c1cccc(Cl)c1. The van der Waals surface area contributed by atoms with E-state index in [0.29, 0.717) is 42.5 Å². The van der Waals surface area contributed by atoms with Crippen LogP contribution in [0.3, 0.4) is 0 Å². The molecule has 0 aromatic heterocycles. The van der Waals surface area contributed by atoms with Crippen molar-refractivity contribution in [2.45, 2.75) is 6.10 Å². The van der Waals surface area contributed by atoms with Crippen molar-refractivity contribution in [1.82, 2.24) is 4.90 Å². The third kappa shape index (κ3) is 4.38. The molecule has 0 saturated carbocycles. The first-order valence-electron chi connectivity index (χ1n) is 8.03. The van der Waals surface area contributed by atoms with Crippen LogP contribution in [0.4, 0.5) is 0 Å². The number of morpholine rings is 1. The van der Waals surface area contributed by atoms with E-state index in [9.17, 15) is 9.59 Å². The maximum absolute atomic E-state index is 12.9. The summed E-state index contributed by atoms with van der Waals surface area (Å²) in [4.78, 5) is 27.1. The van der Waals surface area contributed by atoms with Gasteiger partial charge in [0.05, 0.1) is 18.8 Å². The molecule has 3 rings (SSSR count). The van der Waals surface area contributed by atoms with E-state index in [1.807, 2.05) is 18.2 Å². The molecule has 1 fully saturated rings. The van der Waals surface area contributed by atoms with Crippen LogP contribution in [0.25, 0.3) is 0 Å². The molecular formula is C19H18ClNO4. The molecule has 2 aromatic rings. The Hall–Kier alpha value is -2.37. The maximum atomic E-state index is 12.9. The lowest BCUT2D eigenvalue weighted by Gasteiger charge is -2.30. The fourth-order valence-corrected chi connectivity index (χ4v) is 2.82. The van der Waals surface area contributed by atoms with Crippen LogP contribution in [0.5, 0.6) is 0 Å². The van der Waals surface area contributed by atoms with Crippen molar-refractivity contribution in [2.24, 2.45) is 0 Å². The van der Waals surface area contributed by atoms with Gasteiger partial charge in [-0.2, -0.15) is 0 Å². The molecule has 0 aliphatic carbocycles. The minimum absolute atomic E-state index is 0.245. The van der Waals surface area contributed by atoms with E-state index in [1.165, 1.54) is 6.07 Å². The molecule has 1 aliphatic rings. The average molecular weight is 360 g/mol. The Morgan fingerprint density at radius 2 is 1.76 bits per heavy atom. The van der Waals surface area contributed by atoms with E-state index in [-0.39, 0.29) is 5.91 Å². The number of hydrogen-bond acceptors (Lipinski definition) is 4. The summed E-state index contributed by atoms with van der Waals surface area (Å²) in [7, 11) is 0. The van der Waals surface area contributed by atoms with Crippen LogP contribution in [-0.2, 0) is 14.3 Å². The minimum Gasteiger partial charge on any atom is -0.444 e. The first-order chi connectivity index (χ1) is 12.1. The molecule has 0 unspecified atom stereocenters. The van der Waals surface area contributed by atoms with Crippen LogP contribution in [0.1, 0.15) is 22.0 Å². The van der Waals surface area contributed by atoms with Crippen molar-refractivity contribution < 1.29 is 19.1 Å². The minimum atomic E-state index is -0.995. The standard InChI is InChI=1S/C19H18ClNO4/c20-16-8-4-7-15(13-16)19(23)25-17(14-5-2-1-3-6-14)18(22)21-9-11-24-12-10-21/h1-8,13,17H,9-12H2/t17-/m0/s1. The van der Waals surface area contributed by atoms with E-state index >= 15 is 0 Å². The predicted octanol–water partition coefficient (Wildman–Crippen LogP) is 3.10. The highest BCUT2D eigenvalue weighted by atomic mass is 35.5. The highest BCUT2D eigenvalue weighted by molar-refractivity contribution is 6.30. The van der Waals surface area contributed by atoms with E-state index in [4.69, 9.17) is 21.1 Å². The third-order valence-electron chi connectivity index (χ3n) is 3.93. The van der Waals surface area contributed by atoms with Crippen LogP contribution in [-0.4, -0.2) is 43.1 Å². The summed E-state index contributed by atoms with van der Waals surface area (Å²) in [5.74, 6) is -0.831. The molecule has 1 amide bonds. The van der Waals surface area contributed by atoms with Crippen molar-refractivity contribution in [3.05, 3.63) is 70.7 Å². The predicted molar refractivity (Wildman–Crippen MR) is 93.4 cm³/mol. The van der Waals surface area contributed by atoms with Crippen molar-refractivity contribution >= 4 is 23.5 Å². The smallest absolute Gasteiger partial charge is 0.339 e. The normalized spacial score (nSPS) is 15.5. The second-order valence-corrected chi connectivity index (χ2v) is 6.08. The molecule has 0 spiro atoms. The van der Waals surface area contributed by atoms with Gasteiger partial charge in [0.2, 0.25) is 6.10 Å². The van der Waals surface area contributed by atoms with Gasteiger partial charge in [-0.05, 0) is 18.2 Å². The quantitative estimate of drug-likeness (QED) is 0.787. The molecule has 5 nitrogen and oxygen atoms in total. The Morgan fingerprint density at radius 3 is 2.44 bits per heavy atom. The number of carbonyl (C=O) groups is 2. The first kappa shape index (κ1) is 17.5. The zero-order chi connectivity index (χ0) is 17.6. The lowest BCUT2D eigenvalue weighted by atomic mass is 10.1. The Morgan fingerprint density at radius 1 is 1.04 bits per heavy atom.